The van der Waals surface area contributed by atoms with Gasteiger partial charge in [-0.05, 0) is 39.3 Å². The molecule has 0 bridgehead atoms. The monoisotopic (exact) mass is 293 g/mol. The standard InChI is InChI=1S/C17H27NO3/c1-17(2,3)18-11-12-8-9-21-16(12)14-7-6-13(19-4)10-15(14)20-5/h6-7,10,12,16,18H,8-9,11H2,1-5H3. The van der Waals surface area contributed by atoms with Crippen LogP contribution >= 0.6 is 0 Å². The first-order valence-corrected chi connectivity index (χ1v) is 7.53. The maximum atomic E-state index is 5.97. The molecule has 2 rings (SSSR count). The number of benzene rings is 1. The molecule has 1 N–H and O–H groups in total. The van der Waals surface area contributed by atoms with Crippen molar-refractivity contribution in [3.05, 3.63) is 23.8 Å². The van der Waals surface area contributed by atoms with Crippen molar-refractivity contribution in [3.8, 4) is 11.5 Å². The van der Waals surface area contributed by atoms with Crippen molar-refractivity contribution in [3.63, 3.8) is 0 Å². The van der Waals surface area contributed by atoms with Gasteiger partial charge >= 0.3 is 0 Å². The molecular weight excluding hydrogens is 266 g/mol. The lowest BCUT2D eigenvalue weighted by atomic mass is 9.93. The summed E-state index contributed by atoms with van der Waals surface area (Å²) in [5, 5.41) is 3.58. The quantitative estimate of drug-likeness (QED) is 0.905. The van der Waals surface area contributed by atoms with E-state index in [9.17, 15) is 0 Å². The summed E-state index contributed by atoms with van der Waals surface area (Å²) in [6.07, 6.45) is 1.16. The molecular formula is C17H27NO3. The fourth-order valence-corrected chi connectivity index (χ4v) is 2.68. The second-order valence-electron chi connectivity index (χ2n) is 6.58. The molecule has 1 aliphatic heterocycles. The van der Waals surface area contributed by atoms with Gasteiger partial charge in [-0.1, -0.05) is 0 Å². The van der Waals surface area contributed by atoms with Gasteiger partial charge in [0.25, 0.3) is 0 Å². The minimum absolute atomic E-state index is 0.0840. The van der Waals surface area contributed by atoms with Crippen molar-refractivity contribution in [2.75, 3.05) is 27.4 Å². The van der Waals surface area contributed by atoms with E-state index in [1.807, 2.05) is 12.1 Å². The van der Waals surface area contributed by atoms with E-state index in [1.54, 1.807) is 14.2 Å². The van der Waals surface area contributed by atoms with Gasteiger partial charge in [0.15, 0.2) is 0 Å². The van der Waals surface area contributed by atoms with E-state index >= 15 is 0 Å². The topological polar surface area (TPSA) is 39.7 Å². The Kier molecular flexibility index (Phi) is 5.12. The van der Waals surface area contributed by atoms with E-state index in [0.29, 0.717) is 5.92 Å². The Morgan fingerprint density at radius 1 is 1.24 bits per heavy atom. The van der Waals surface area contributed by atoms with Gasteiger partial charge in [-0.25, -0.2) is 0 Å². The summed E-state index contributed by atoms with van der Waals surface area (Å²) in [5.74, 6) is 2.10. The van der Waals surface area contributed by atoms with Crippen LogP contribution in [-0.4, -0.2) is 32.9 Å². The fourth-order valence-electron chi connectivity index (χ4n) is 2.68. The fraction of sp³-hybridized carbons (Fsp3) is 0.647. The van der Waals surface area contributed by atoms with Crippen molar-refractivity contribution in [1.29, 1.82) is 0 Å². The molecule has 0 amide bonds. The third-order valence-electron chi connectivity index (χ3n) is 3.86. The smallest absolute Gasteiger partial charge is 0.128 e. The van der Waals surface area contributed by atoms with Gasteiger partial charge in [-0.15, -0.1) is 0 Å². The van der Waals surface area contributed by atoms with Crippen LogP contribution in [0.4, 0.5) is 0 Å². The number of hydrogen-bond donors (Lipinski definition) is 1. The van der Waals surface area contributed by atoms with Gasteiger partial charge in [0.05, 0.1) is 20.3 Å². The lowest BCUT2D eigenvalue weighted by molar-refractivity contribution is 0.0866. The molecule has 1 aliphatic rings. The van der Waals surface area contributed by atoms with Crippen LogP contribution in [0.2, 0.25) is 0 Å². The summed E-state index contributed by atoms with van der Waals surface area (Å²) in [5.41, 5.74) is 1.23. The molecule has 1 aromatic carbocycles. The highest BCUT2D eigenvalue weighted by Crippen LogP contribution is 2.40. The van der Waals surface area contributed by atoms with Crippen molar-refractivity contribution in [1.82, 2.24) is 5.32 Å². The highest BCUT2D eigenvalue weighted by atomic mass is 16.5. The van der Waals surface area contributed by atoms with E-state index in [1.165, 1.54) is 0 Å². The third kappa shape index (κ3) is 4.11. The molecule has 2 atom stereocenters. The molecule has 0 spiro atoms. The highest BCUT2D eigenvalue weighted by molar-refractivity contribution is 5.42. The molecule has 4 heteroatoms. The van der Waals surface area contributed by atoms with Crippen molar-refractivity contribution in [2.45, 2.75) is 38.8 Å². The van der Waals surface area contributed by atoms with E-state index in [4.69, 9.17) is 14.2 Å². The second-order valence-corrected chi connectivity index (χ2v) is 6.58. The SMILES string of the molecule is COc1ccc(C2OCCC2CNC(C)(C)C)c(OC)c1. The summed E-state index contributed by atoms with van der Waals surface area (Å²) in [6.45, 7) is 8.31. The van der Waals surface area contributed by atoms with Crippen LogP contribution in [0.1, 0.15) is 38.9 Å². The van der Waals surface area contributed by atoms with Crippen LogP contribution in [0, 0.1) is 5.92 Å². The Bertz CT molecular complexity index is 468. The van der Waals surface area contributed by atoms with Gasteiger partial charge in [0.1, 0.15) is 11.5 Å². The van der Waals surface area contributed by atoms with E-state index in [-0.39, 0.29) is 11.6 Å². The van der Waals surface area contributed by atoms with Gasteiger partial charge in [0, 0.05) is 36.2 Å². The summed E-state index contributed by atoms with van der Waals surface area (Å²) in [7, 11) is 3.35. The van der Waals surface area contributed by atoms with Crippen LogP contribution in [0.3, 0.4) is 0 Å². The van der Waals surface area contributed by atoms with Crippen LogP contribution in [0.5, 0.6) is 11.5 Å². The number of ether oxygens (including phenoxy) is 3. The number of rotatable bonds is 5. The van der Waals surface area contributed by atoms with Crippen LogP contribution in [-0.2, 0) is 4.74 Å². The first kappa shape index (κ1) is 16.1. The lowest BCUT2D eigenvalue weighted by Crippen LogP contribution is -2.39. The molecule has 1 heterocycles. The Morgan fingerprint density at radius 3 is 2.62 bits per heavy atom. The molecule has 1 fully saturated rings. The van der Waals surface area contributed by atoms with Gasteiger partial charge in [0.2, 0.25) is 0 Å². The predicted molar refractivity (Wildman–Crippen MR) is 84.1 cm³/mol. The average Bonchev–Trinajstić information content (AvgIpc) is 2.91. The van der Waals surface area contributed by atoms with Gasteiger partial charge < -0.3 is 19.5 Å². The number of methoxy groups -OCH3 is 2. The molecule has 1 saturated heterocycles. The maximum absolute atomic E-state index is 5.97. The van der Waals surface area contributed by atoms with Crippen LogP contribution in [0.15, 0.2) is 18.2 Å². The Balaban J connectivity index is 2.15. The molecule has 1 aromatic rings. The van der Waals surface area contributed by atoms with E-state index < -0.39 is 0 Å². The van der Waals surface area contributed by atoms with Gasteiger partial charge in [-0.3, -0.25) is 0 Å². The minimum atomic E-state index is 0.0840. The first-order valence-electron chi connectivity index (χ1n) is 7.53. The molecule has 2 unspecified atom stereocenters. The zero-order valence-corrected chi connectivity index (χ0v) is 13.7. The predicted octanol–water partition coefficient (Wildman–Crippen LogP) is 3.17. The van der Waals surface area contributed by atoms with E-state index in [0.717, 1.165) is 36.6 Å². The summed E-state index contributed by atoms with van der Waals surface area (Å²) in [4.78, 5) is 0. The molecule has 0 saturated carbocycles. The van der Waals surface area contributed by atoms with Gasteiger partial charge in [-0.2, -0.15) is 0 Å². The normalized spacial score (nSPS) is 22.3. The van der Waals surface area contributed by atoms with Crippen molar-refractivity contribution >= 4 is 0 Å². The Labute approximate surface area is 127 Å². The van der Waals surface area contributed by atoms with Crippen molar-refractivity contribution < 1.29 is 14.2 Å². The maximum Gasteiger partial charge on any atom is 0.128 e. The largest absolute Gasteiger partial charge is 0.497 e. The van der Waals surface area contributed by atoms with Crippen molar-refractivity contribution in [2.24, 2.45) is 5.92 Å². The zero-order chi connectivity index (χ0) is 15.5. The van der Waals surface area contributed by atoms with Crippen LogP contribution < -0.4 is 14.8 Å². The molecule has 4 nitrogen and oxygen atoms in total. The molecule has 118 valence electrons. The molecule has 0 aromatic heterocycles. The first-order chi connectivity index (χ1) is 9.94. The number of nitrogens with one attached hydrogen (secondary N) is 1. The molecule has 0 aliphatic carbocycles. The summed E-state index contributed by atoms with van der Waals surface area (Å²) >= 11 is 0. The van der Waals surface area contributed by atoms with Crippen LogP contribution in [0.25, 0.3) is 0 Å². The summed E-state index contributed by atoms with van der Waals surface area (Å²) in [6, 6.07) is 5.94. The minimum Gasteiger partial charge on any atom is -0.497 e. The molecule has 21 heavy (non-hydrogen) atoms. The highest BCUT2D eigenvalue weighted by Gasteiger charge is 2.32. The van der Waals surface area contributed by atoms with E-state index in [2.05, 4.69) is 32.2 Å². The Hall–Kier alpha value is -1.26. The second kappa shape index (κ2) is 6.67. The average molecular weight is 293 g/mol. The summed E-state index contributed by atoms with van der Waals surface area (Å²) < 4.78 is 16.7. The Morgan fingerprint density at radius 2 is 2.00 bits per heavy atom. The lowest BCUT2D eigenvalue weighted by Gasteiger charge is -2.26. The third-order valence-corrected chi connectivity index (χ3v) is 3.86. The number of hydrogen-bond acceptors (Lipinski definition) is 4. The zero-order valence-electron chi connectivity index (χ0n) is 13.7. The molecule has 0 radical (unpaired) electrons.